The molecule has 6 heteroatoms. The molecule has 21 heavy (non-hydrogen) atoms. The third-order valence-corrected chi connectivity index (χ3v) is 5.07. The van der Waals surface area contributed by atoms with E-state index in [4.69, 9.17) is 0 Å². The van der Waals surface area contributed by atoms with Crippen molar-refractivity contribution >= 4 is 11.8 Å². The van der Waals surface area contributed by atoms with Crippen LogP contribution in [-0.2, 0) is 12.8 Å². The van der Waals surface area contributed by atoms with Crippen LogP contribution in [0.2, 0.25) is 0 Å². The molecule has 0 saturated carbocycles. The first-order chi connectivity index (χ1) is 10.3. The largest absolute Gasteiger partial charge is 0.316 e. The van der Waals surface area contributed by atoms with Crippen LogP contribution in [0.3, 0.4) is 0 Å². The zero-order chi connectivity index (χ0) is 14.7. The Balaban J connectivity index is 1.69. The minimum atomic E-state index is 0.491. The van der Waals surface area contributed by atoms with Crippen molar-refractivity contribution < 1.29 is 0 Å². The van der Waals surface area contributed by atoms with Gasteiger partial charge in [-0.25, -0.2) is 0 Å². The first-order valence-electron chi connectivity index (χ1n) is 7.39. The van der Waals surface area contributed by atoms with Crippen LogP contribution in [0.1, 0.15) is 35.8 Å². The lowest BCUT2D eigenvalue weighted by atomic mass is 9.99. The van der Waals surface area contributed by atoms with Crippen LogP contribution in [0, 0.1) is 6.92 Å². The number of hydrogen-bond acceptors (Lipinski definition) is 5. The number of pyridine rings is 1. The number of nitrogens with zero attached hydrogens (tertiary/aromatic N) is 4. The van der Waals surface area contributed by atoms with Gasteiger partial charge in [0.25, 0.3) is 0 Å². The van der Waals surface area contributed by atoms with Crippen molar-refractivity contribution in [3.63, 3.8) is 0 Å². The van der Waals surface area contributed by atoms with Crippen LogP contribution >= 0.6 is 11.8 Å². The van der Waals surface area contributed by atoms with Gasteiger partial charge in [0.2, 0.25) is 0 Å². The second kappa shape index (κ2) is 6.58. The summed E-state index contributed by atoms with van der Waals surface area (Å²) in [7, 11) is 2.07. The fraction of sp³-hybridized carbons (Fsp3) is 0.533. The molecule has 1 saturated heterocycles. The molecular formula is C15H21N5S. The SMILES string of the molecule is Cc1ncccc1CSc1nnc([C@@H]2CCCNC2)n1C. The molecule has 1 aliphatic rings. The van der Waals surface area contributed by atoms with E-state index in [1.807, 2.05) is 19.2 Å². The normalized spacial score (nSPS) is 18.9. The second-order valence-electron chi connectivity index (χ2n) is 5.48. The van der Waals surface area contributed by atoms with Crippen molar-refractivity contribution in [2.75, 3.05) is 13.1 Å². The molecule has 0 aromatic carbocycles. The monoisotopic (exact) mass is 303 g/mol. The minimum absolute atomic E-state index is 0.491. The minimum Gasteiger partial charge on any atom is -0.316 e. The van der Waals surface area contributed by atoms with E-state index in [1.165, 1.54) is 18.4 Å². The highest BCUT2D eigenvalue weighted by Crippen LogP contribution is 2.26. The molecule has 3 heterocycles. The Hall–Kier alpha value is -1.40. The highest BCUT2D eigenvalue weighted by Gasteiger charge is 2.21. The summed E-state index contributed by atoms with van der Waals surface area (Å²) in [4.78, 5) is 4.33. The molecule has 2 aromatic rings. The van der Waals surface area contributed by atoms with Crippen LogP contribution in [0.5, 0.6) is 0 Å². The van der Waals surface area contributed by atoms with Gasteiger partial charge in [0.15, 0.2) is 5.16 Å². The lowest BCUT2D eigenvalue weighted by molar-refractivity contribution is 0.436. The molecule has 0 spiro atoms. The summed E-state index contributed by atoms with van der Waals surface area (Å²) < 4.78 is 2.15. The number of rotatable bonds is 4. The summed E-state index contributed by atoms with van der Waals surface area (Å²) >= 11 is 1.73. The Morgan fingerprint density at radius 2 is 2.33 bits per heavy atom. The predicted molar refractivity (Wildman–Crippen MR) is 84.4 cm³/mol. The van der Waals surface area contributed by atoms with E-state index in [9.17, 15) is 0 Å². The molecule has 0 amide bonds. The summed E-state index contributed by atoms with van der Waals surface area (Å²) in [5.74, 6) is 2.48. The van der Waals surface area contributed by atoms with E-state index in [-0.39, 0.29) is 0 Å². The van der Waals surface area contributed by atoms with Crippen molar-refractivity contribution in [1.82, 2.24) is 25.1 Å². The topological polar surface area (TPSA) is 55.6 Å². The van der Waals surface area contributed by atoms with Gasteiger partial charge >= 0.3 is 0 Å². The summed E-state index contributed by atoms with van der Waals surface area (Å²) in [6.45, 7) is 4.18. The number of aryl methyl sites for hydroxylation is 1. The molecule has 1 aliphatic heterocycles. The molecule has 1 fully saturated rings. The van der Waals surface area contributed by atoms with Crippen LogP contribution in [0.15, 0.2) is 23.5 Å². The van der Waals surface area contributed by atoms with Gasteiger partial charge in [-0.15, -0.1) is 10.2 Å². The van der Waals surface area contributed by atoms with Gasteiger partial charge in [0, 0.05) is 37.2 Å². The lowest BCUT2D eigenvalue weighted by Gasteiger charge is -2.21. The zero-order valence-electron chi connectivity index (χ0n) is 12.5. The van der Waals surface area contributed by atoms with Crippen molar-refractivity contribution in [2.24, 2.45) is 7.05 Å². The number of piperidine rings is 1. The first-order valence-corrected chi connectivity index (χ1v) is 8.37. The van der Waals surface area contributed by atoms with E-state index in [1.54, 1.807) is 11.8 Å². The van der Waals surface area contributed by atoms with Crippen molar-refractivity contribution in [3.05, 3.63) is 35.4 Å². The van der Waals surface area contributed by atoms with Crippen molar-refractivity contribution in [3.8, 4) is 0 Å². The Morgan fingerprint density at radius 3 is 3.10 bits per heavy atom. The van der Waals surface area contributed by atoms with Crippen LogP contribution in [0.4, 0.5) is 0 Å². The average Bonchev–Trinajstić information content (AvgIpc) is 2.88. The molecule has 5 nitrogen and oxygen atoms in total. The second-order valence-corrected chi connectivity index (χ2v) is 6.42. The summed E-state index contributed by atoms with van der Waals surface area (Å²) in [6.07, 6.45) is 4.25. The third kappa shape index (κ3) is 3.27. The van der Waals surface area contributed by atoms with Crippen LogP contribution in [-0.4, -0.2) is 32.8 Å². The Bertz CT molecular complexity index is 604. The number of thioether (sulfide) groups is 1. The summed E-state index contributed by atoms with van der Waals surface area (Å²) in [5.41, 5.74) is 2.34. The summed E-state index contributed by atoms with van der Waals surface area (Å²) in [6, 6.07) is 4.11. The molecule has 0 unspecified atom stereocenters. The van der Waals surface area contributed by atoms with E-state index in [0.717, 1.165) is 35.5 Å². The van der Waals surface area contributed by atoms with Gasteiger partial charge in [-0.05, 0) is 37.9 Å². The lowest BCUT2D eigenvalue weighted by Crippen LogP contribution is -2.29. The maximum Gasteiger partial charge on any atom is 0.191 e. The highest BCUT2D eigenvalue weighted by molar-refractivity contribution is 7.98. The maximum atomic E-state index is 4.41. The van der Waals surface area contributed by atoms with E-state index in [2.05, 4.69) is 38.2 Å². The Kier molecular flexibility index (Phi) is 4.55. The third-order valence-electron chi connectivity index (χ3n) is 4.00. The number of aromatic nitrogens is 4. The maximum absolute atomic E-state index is 4.41. The van der Waals surface area contributed by atoms with Gasteiger partial charge in [-0.2, -0.15) is 0 Å². The standard InChI is InChI=1S/C15H21N5S/c1-11-13(6-4-8-17-11)10-21-15-19-18-14(20(15)2)12-5-3-7-16-9-12/h4,6,8,12,16H,3,5,7,9-10H2,1-2H3/t12-/m1/s1. The smallest absolute Gasteiger partial charge is 0.191 e. The first kappa shape index (κ1) is 14.5. The van der Waals surface area contributed by atoms with Gasteiger partial charge in [0.05, 0.1) is 0 Å². The van der Waals surface area contributed by atoms with E-state index < -0.39 is 0 Å². The molecular weight excluding hydrogens is 282 g/mol. The van der Waals surface area contributed by atoms with E-state index in [0.29, 0.717) is 5.92 Å². The quantitative estimate of drug-likeness (QED) is 0.878. The fourth-order valence-electron chi connectivity index (χ4n) is 2.69. The number of nitrogens with one attached hydrogen (secondary N) is 1. The molecule has 0 bridgehead atoms. The van der Waals surface area contributed by atoms with Crippen molar-refractivity contribution in [1.29, 1.82) is 0 Å². The number of hydrogen-bond donors (Lipinski definition) is 1. The van der Waals surface area contributed by atoms with Gasteiger partial charge in [-0.3, -0.25) is 4.98 Å². The van der Waals surface area contributed by atoms with Gasteiger partial charge in [-0.1, -0.05) is 17.8 Å². The van der Waals surface area contributed by atoms with Crippen LogP contribution < -0.4 is 5.32 Å². The Morgan fingerprint density at radius 1 is 1.43 bits per heavy atom. The molecule has 1 atom stereocenters. The zero-order valence-corrected chi connectivity index (χ0v) is 13.4. The Labute approximate surface area is 129 Å². The molecule has 0 aliphatic carbocycles. The molecule has 0 radical (unpaired) electrons. The highest BCUT2D eigenvalue weighted by atomic mass is 32.2. The van der Waals surface area contributed by atoms with Crippen molar-refractivity contribution in [2.45, 2.75) is 36.6 Å². The average molecular weight is 303 g/mol. The molecule has 112 valence electrons. The summed E-state index contributed by atoms with van der Waals surface area (Å²) in [5, 5.41) is 13.2. The van der Waals surface area contributed by atoms with Gasteiger partial charge < -0.3 is 9.88 Å². The van der Waals surface area contributed by atoms with Crippen LogP contribution in [0.25, 0.3) is 0 Å². The van der Waals surface area contributed by atoms with E-state index >= 15 is 0 Å². The molecule has 2 aromatic heterocycles. The fourth-order valence-corrected chi connectivity index (χ4v) is 3.67. The van der Waals surface area contributed by atoms with Gasteiger partial charge in [0.1, 0.15) is 5.82 Å². The molecule has 3 rings (SSSR count). The predicted octanol–water partition coefficient (Wildman–Crippen LogP) is 2.28. The molecule has 1 N–H and O–H groups in total.